The van der Waals surface area contributed by atoms with Gasteiger partial charge in [-0.05, 0) is 18.6 Å². The van der Waals surface area contributed by atoms with E-state index in [1.54, 1.807) is 0 Å². The summed E-state index contributed by atoms with van der Waals surface area (Å²) in [5, 5.41) is 9.72. The fourth-order valence-electron chi connectivity index (χ4n) is 3.15. The van der Waals surface area contributed by atoms with E-state index in [-0.39, 0.29) is 17.5 Å². The Morgan fingerprint density at radius 1 is 1.09 bits per heavy atom. The van der Waals surface area contributed by atoms with Crippen molar-refractivity contribution in [3.63, 3.8) is 0 Å². The lowest BCUT2D eigenvalue weighted by atomic mass is 9.88. The minimum atomic E-state index is -5.93. The summed E-state index contributed by atoms with van der Waals surface area (Å²) in [7, 11) is -5.93. The number of hydrogen-bond donors (Lipinski definition) is 1. The van der Waals surface area contributed by atoms with Crippen LogP contribution in [0.3, 0.4) is 0 Å². The third kappa shape index (κ3) is 1.96. The third-order valence-electron chi connectivity index (χ3n) is 4.03. The lowest BCUT2D eigenvalue weighted by molar-refractivity contribution is -0.0500. The van der Waals surface area contributed by atoms with E-state index < -0.39 is 51.3 Å². The van der Waals surface area contributed by atoms with E-state index in [0.717, 1.165) is 12.1 Å². The van der Waals surface area contributed by atoms with Crippen LogP contribution in [0.5, 0.6) is 11.5 Å². The first-order chi connectivity index (χ1) is 10.0. The van der Waals surface area contributed by atoms with Crippen molar-refractivity contribution in [1.29, 1.82) is 0 Å². The summed E-state index contributed by atoms with van der Waals surface area (Å²) in [4.78, 5) is 0. The van der Waals surface area contributed by atoms with Crippen molar-refractivity contribution in [3.05, 3.63) is 23.3 Å². The molecule has 0 radical (unpaired) electrons. The Labute approximate surface area is 121 Å². The second-order valence-electron chi connectivity index (χ2n) is 5.23. The number of rotatable bonds is 2. The van der Waals surface area contributed by atoms with E-state index in [1.165, 1.54) is 0 Å². The molecule has 4 atom stereocenters. The van der Waals surface area contributed by atoms with Crippen LogP contribution in [0.1, 0.15) is 29.4 Å². The molecule has 0 saturated heterocycles. The number of phenolic OH excluding ortho intramolecular Hbond substituents is 1. The molecule has 10 heteroatoms. The van der Waals surface area contributed by atoms with Crippen LogP contribution in [0.4, 0.5) is 22.0 Å². The van der Waals surface area contributed by atoms with E-state index in [9.17, 15) is 35.5 Å². The molecule has 22 heavy (non-hydrogen) atoms. The molecule has 0 aromatic heterocycles. The highest BCUT2D eigenvalue weighted by Gasteiger charge is 2.56. The molecule has 0 aliphatic heterocycles. The Morgan fingerprint density at radius 2 is 1.64 bits per heavy atom. The van der Waals surface area contributed by atoms with Crippen molar-refractivity contribution in [2.45, 2.75) is 36.1 Å². The smallest absolute Gasteiger partial charge is 0.508 e. The predicted molar refractivity (Wildman–Crippen MR) is 63.6 cm³/mol. The van der Waals surface area contributed by atoms with Gasteiger partial charge < -0.3 is 9.29 Å². The fraction of sp³-hybridized carbons (Fsp3) is 0.500. The molecule has 1 aromatic rings. The largest absolute Gasteiger partial charge is 0.534 e. The molecule has 3 rings (SSSR count). The Hall–Kier alpha value is -1.58. The Kier molecular flexibility index (Phi) is 3.11. The van der Waals surface area contributed by atoms with Crippen LogP contribution in [0.15, 0.2) is 12.1 Å². The summed E-state index contributed by atoms with van der Waals surface area (Å²) in [6.07, 6.45) is -3.93. The topological polar surface area (TPSA) is 63.6 Å². The highest BCUT2D eigenvalue weighted by atomic mass is 32.2. The van der Waals surface area contributed by atoms with E-state index in [0.29, 0.717) is 0 Å². The molecule has 0 spiro atoms. The minimum absolute atomic E-state index is 0.0579. The maximum absolute atomic E-state index is 13.8. The average Bonchev–Trinajstić information content (AvgIpc) is 2.91. The van der Waals surface area contributed by atoms with Gasteiger partial charge in [-0.1, -0.05) is 0 Å². The predicted octanol–water partition coefficient (Wildman–Crippen LogP) is 2.88. The van der Waals surface area contributed by atoms with Crippen molar-refractivity contribution in [2.24, 2.45) is 0 Å². The summed E-state index contributed by atoms with van der Waals surface area (Å²) < 4.78 is 90.8. The van der Waals surface area contributed by atoms with Crippen molar-refractivity contribution in [3.8, 4) is 11.5 Å². The maximum atomic E-state index is 13.8. The third-order valence-corrected chi connectivity index (χ3v) is 5.00. The molecule has 1 saturated carbocycles. The number of hydrogen-bond acceptors (Lipinski definition) is 4. The summed E-state index contributed by atoms with van der Waals surface area (Å²) in [5.41, 5.74) is -5.94. The second kappa shape index (κ2) is 4.46. The zero-order chi connectivity index (χ0) is 16.4. The van der Waals surface area contributed by atoms with Gasteiger partial charge in [0.05, 0.1) is 0 Å². The van der Waals surface area contributed by atoms with Crippen molar-refractivity contribution < 1.29 is 39.7 Å². The molecule has 122 valence electrons. The molecule has 4 nitrogen and oxygen atoms in total. The second-order valence-corrected chi connectivity index (χ2v) is 6.77. The summed E-state index contributed by atoms with van der Waals surface area (Å²) >= 11 is 0. The van der Waals surface area contributed by atoms with Gasteiger partial charge in [0.2, 0.25) is 0 Å². The summed E-state index contributed by atoms with van der Waals surface area (Å²) in [6.45, 7) is 0. The van der Waals surface area contributed by atoms with Gasteiger partial charge in [0.1, 0.15) is 23.8 Å². The SMILES string of the molecule is O=S(=O)(Oc1ccc(O)c2c1C1CC2C(F)C1F)C(F)(F)F. The molecule has 1 N–H and O–H groups in total. The number of aromatic hydroxyl groups is 1. The van der Waals surface area contributed by atoms with Crippen molar-refractivity contribution >= 4 is 10.1 Å². The zero-order valence-corrected chi connectivity index (χ0v) is 11.5. The monoisotopic (exact) mass is 344 g/mol. The maximum Gasteiger partial charge on any atom is 0.534 e. The number of alkyl halides is 5. The Morgan fingerprint density at radius 3 is 2.18 bits per heavy atom. The normalized spacial score (nSPS) is 30.4. The van der Waals surface area contributed by atoms with Crippen LogP contribution >= 0.6 is 0 Å². The lowest BCUT2D eigenvalue weighted by Gasteiger charge is -2.25. The van der Waals surface area contributed by atoms with Gasteiger partial charge >= 0.3 is 15.6 Å². The van der Waals surface area contributed by atoms with Crippen molar-refractivity contribution in [1.82, 2.24) is 0 Å². The first-order valence-corrected chi connectivity index (χ1v) is 7.60. The van der Waals surface area contributed by atoms with Gasteiger partial charge in [0.15, 0.2) is 0 Å². The standard InChI is InChI=1S/C12H9F5O4S/c13-10-4-3-5(11(10)14)9-7(2-1-6(18)8(4)9)21-22(19,20)12(15,16)17/h1-2,4-5,10-11,18H,3H2. The number of halogens is 5. The van der Waals surface area contributed by atoms with E-state index in [2.05, 4.69) is 4.18 Å². The van der Waals surface area contributed by atoms with Gasteiger partial charge in [-0.2, -0.15) is 21.6 Å². The van der Waals surface area contributed by atoms with Gasteiger partial charge in [-0.15, -0.1) is 0 Å². The van der Waals surface area contributed by atoms with Crippen LogP contribution in [-0.2, 0) is 10.1 Å². The van der Waals surface area contributed by atoms with Crippen LogP contribution in [0.25, 0.3) is 0 Å². The zero-order valence-electron chi connectivity index (χ0n) is 10.6. The van der Waals surface area contributed by atoms with Crippen molar-refractivity contribution in [2.75, 3.05) is 0 Å². The first kappa shape index (κ1) is 15.3. The van der Waals surface area contributed by atoms with Crippen LogP contribution in [0.2, 0.25) is 0 Å². The minimum Gasteiger partial charge on any atom is -0.508 e. The molecule has 0 heterocycles. The van der Waals surface area contributed by atoms with Gasteiger partial charge in [0, 0.05) is 23.0 Å². The summed E-state index contributed by atoms with van der Waals surface area (Å²) in [6, 6.07) is 1.71. The Bertz CT molecular complexity index is 730. The van der Waals surface area contributed by atoms with E-state index in [1.807, 2.05) is 0 Å². The highest BCUT2D eigenvalue weighted by molar-refractivity contribution is 7.88. The average molecular weight is 344 g/mol. The first-order valence-electron chi connectivity index (χ1n) is 6.19. The van der Waals surface area contributed by atoms with Gasteiger partial charge in [0.25, 0.3) is 0 Å². The summed E-state index contributed by atoms with van der Waals surface area (Å²) in [5.74, 6) is -3.31. The molecule has 4 unspecified atom stereocenters. The Balaban J connectivity index is 2.10. The molecular formula is C12H9F5O4S. The molecule has 2 bridgehead atoms. The lowest BCUT2D eigenvalue weighted by Crippen LogP contribution is -2.30. The number of fused-ring (bicyclic) bond motifs is 5. The van der Waals surface area contributed by atoms with E-state index >= 15 is 0 Å². The van der Waals surface area contributed by atoms with E-state index in [4.69, 9.17) is 0 Å². The molecule has 2 aliphatic carbocycles. The fourth-order valence-corrected chi connectivity index (χ4v) is 3.62. The quantitative estimate of drug-likeness (QED) is 0.509. The molecular weight excluding hydrogens is 335 g/mol. The van der Waals surface area contributed by atoms with Crippen LogP contribution < -0.4 is 4.18 Å². The molecule has 1 aromatic carbocycles. The van der Waals surface area contributed by atoms with Crippen LogP contribution in [-0.4, -0.2) is 31.4 Å². The van der Waals surface area contributed by atoms with Crippen LogP contribution in [0, 0.1) is 0 Å². The molecule has 2 aliphatic rings. The van der Waals surface area contributed by atoms with Gasteiger partial charge in [-0.25, -0.2) is 8.78 Å². The molecule has 0 amide bonds. The highest BCUT2D eigenvalue weighted by Crippen LogP contribution is 2.60. The molecule has 1 fully saturated rings. The number of benzene rings is 1. The van der Waals surface area contributed by atoms with Gasteiger partial charge in [-0.3, -0.25) is 0 Å². The number of phenols is 1.